The predicted molar refractivity (Wildman–Crippen MR) is 112 cm³/mol. The summed E-state index contributed by atoms with van der Waals surface area (Å²) in [5.41, 5.74) is 1.99. The van der Waals surface area contributed by atoms with E-state index in [1.54, 1.807) is 31.5 Å². The number of methoxy groups -OCH3 is 1. The Labute approximate surface area is 176 Å². The number of amides is 2. The number of carbonyl (C=O) groups excluding carboxylic acids is 2. The summed E-state index contributed by atoms with van der Waals surface area (Å²) in [6.07, 6.45) is 1.56. The lowest BCUT2D eigenvalue weighted by atomic mass is 10.1. The highest BCUT2D eigenvalue weighted by molar-refractivity contribution is 6.35. The van der Waals surface area contributed by atoms with Crippen LogP contribution in [0, 0.1) is 0 Å². The van der Waals surface area contributed by atoms with E-state index in [1.807, 2.05) is 24.3 Å². The highest BCUT2D eigenvalue weighted by Gasteiger charge is 2.35. The van der Waals surface area contributed by atoms with Crippen molar-refractivity contribution in [3.8, 4) is 16.9 Å². The van der Waals surface area contributed by atoms with Crippen LogP contribution in [0.1, 0.15) is 12.5 Å². The number of halogens is 2. The Bertz CT molecular complexity index is 1110. The lowest BCUT2D eigenvalue weighted by Crippen LogP contribution is -2.23. The molecule has 2 aromatic carbocycles. The zero-order chi connectivity index (χ0) is 20.5. The van der Waals surface area contributed by atoms with Gasteiger partial charge in [0, 0.05) is 10.6 Å². The number of nitrogens with zero attached hydrogens (tertiary/aromatic N) is 2. The first-order valence-corrected chi connectivity index (χ1v) is 9.49. The third-order valence-corrected chi connectivity index (χ3v) is 5.16. The molecule has 1 unspecified atom stereocenters. The second-order valence-electron chi connectivity index (χ2n) is 6.46. The van der Waals surface area contributed by atoms with Gasteiger partial charge in [0.1, 0.15) is 17.6 Å². The monoisotopic (exact) mass is 430 g/mol. The van der Waals surface area contributed by atoms with Crippen LogP contribution < -0.4 is 15.4 Å². The fraction of sp³-hybridized carbons (Fsp3) is 0.150. The van der Waals surface area contributed by atoms with Gasteiger partial charge in [-0.1, -0.05) is 35.3 Å². The largest absolute Gasteiger partial charge is 0.497 e. The van der Waals surface area contributed by atoms with E-state index in [-0.39, 0.29) is 18.2 Å². The smallest absolute Gasteiger partial charge is 0.251 e. The number of benzene rings is 2. The molecule has 7 nitrogen and oxygen atoms in total. The van der Waals surface area contributed by atoms with Crippen LogP contribution in [0.5, 0.6) is 5.75 Å². The van der Waals surface area contributed by atoms with Crippen molar-refractivity contribution in [3.63, 3.8) is 0 Å². The van der Waals surface area contributed by atoms with Gasteiger partial charge in [0.15, 0.2) is 0 Å². The highest BCUT2D eigenvalue weighted by atomic mass is 35.5. The van der Waals surface area contributed by atoms with Gasteiger partial charge in [-0.05, 0) is 35.9 Å². The average molecular weight is 431 g/mol. The van der Waals surface area contributed by atoms with E-state index >= 15 is 0 Å². The molecule has 1 aliphatic rings. The molecule has 1 aliphatic heterocycles. The lowest BCUT2D eigenvalue weighted by molar-refractivity contribution is -0.123. The third-order valence-electron chi connectivity index (χ3n) is 4.60. The summed E-state index contributed by atoms with van der Waals surface area (Å²) >= 11 is 12.0. The van der Waals surface area contributed by atoms with E-state index in [4.69, 9.17) is 27.9 Å². The summed E-state index contributed by atoms with van der Waals surface area (Å²) in [5.74, 6) is 0.563. The topological polar surface area (TPSA) is 85.2 Å². The minimum absolute atomic E-state index is 0.0963. The van der Waals surface area contributed by atoms with Gasteiger partial charge in [-0.3, -0.25) is 9.59 Å². The third kappa shape index (κ3) is 3.79. The first kappa shape index (κ1) is 19.3. The molecule has 9 heteroatoms. The summed E-state index contributed by atoms with van der Waals surface area (Å²) in [4.78, 5) is 25.0. The summed E-state index contributed by atoms with van der Waals surface area (Å²) in [5, 5.41) is 10.6. The normalized spacial score (nSPS) is 15.0. The number of carbonyl (C=O) groups is 2. The van der Waals surface area contributed by atoms with Crippen molar-refractivity contribution in [2.45, 2.75) is 12.5 Å². The van der Waals surface area contributed by atoms with E-state index in [0.29, 0.717) is 27.3 Å². The number of rotatable bonds is 5. The van der Waals surface area contributed by atoms with E-state index in [0.717, 1.165) is 11.1 Å². The molecule has 1 atom stereocenters. The molecule has 1 aromatic heterocycles. The number of fused-ring (bicyclic) bond motifs is 1. The van der Waals surface area contributed by atoms with Crippen molar-refractivity contribution in [1.29, 1.82) is 0 Å². The molecule has 29 heavy (non-hydrogen) atoms. The van der Waals surface area contributed by atoms with Crippen LogP contribution in [-0.2, 0) is 9.59 Å². The summed E-state index contributed by atoms with van der Waals surface area (Å²) in [6.45, 7) is 0. The van der Waals surface area contributed by atoms with Crippen molar-refractivity contribution in [3.05, 3.63) is 58.7 Å². The Morgan fingerprint density at radius 2 is 2.10 bits per heavy atom. The number of anilines is 2. The standard InChI is InChI=1S/C20H16Cl2N4O3/c1-29-13-4-2-3-11(7-13)14-10-23-26-17(20(28)25-19(14)26)9-18(27)24-16-8-12(21)5-6-15(16)22/h2-8,10,17H,9H2,1H3,(H,24,27)(H,25,28). The van der Waals surface area contributed by atoms with E-state index in [1.165, 1.54) is 4.68 Å². The molecule has 0 radical (unpaired) electrons. The molecule has 4 rings (SSSR count). The van der Waals surface area contributed by atoms with Gasteiger partial charge in [-0.2, -0.15) is 5.10 Å². The molecule has 0 bridgehead atoms. The molecular formula is C20H16Cl2N4O3. The molecule has 0 spiro atoms. The fourth-order valence-corrected chi connectivity index (χ4v) is 3.52. The maximum atomic E-state index is 12.5. The van der Waals surface area contributed by atoms with Crippen LogP contribution in [0.4, 0.5) is 11.5 Å². The van der Waals surface area contributed by atoms with Gasteiger partial charge in [-0.15, -0.1) is 0 Å². The molecule has 3 aromatic rings. The van der Waals surface area contributed by atoms with Crippen molar-refractivity contribution in [1.82, 2.24) is 9.78 Å². The van der Waals surface area contributed by atoms with Gasteiger partial charge in [-0.25, -0.2) is 4.68 Å². The Morgan fingerprint density at radius 1 is 1.28 bits per heavy atom. The molecule has 0 saturated heterocycles. The number of hydrogen-bond acceptors (Lipinski definition) is 4. The van der Waals surface area contributed by atoms with E-state index in [9.17, 15) is 9.59 Å². The number of aromatic nitrogens is 2. The summed E-state index contributed by atoms with van der Waals surface area (Å²) in [6, 6.07) is 11.4. The first-order valence-electron chi connectivity index (χ1n) is 8.74. The maximum Gasteiger partial charge on any atom is 0.251 e. The highest BCUT2D eigenvalue weighted by Crippen LogP contribution is 2.37. The van der Waals surface area contributed by atoms with Crippen LogP contribution in [0.2, 0.25) is 10.0 Å². The molecule has 148 valence electrons. The first-order chi connectivity index (χ1) is 14.0. The quantitative estimate of drug-likeness (QED) is 0.628. The Balaban J connectivity index is 1.55. The van der Waals surface area contributed by atoms with Crippen molar-refractivity contribution < 1.29 is 14.3 Å². The number of nitrogens with one attached hydrogen (secondary N) is 2. The molecule has 2 amide bonds. The summed E-state index contributed by atoms with van der Waals surface area (Å²) in [7, 11) is 1.59. The zero-order valence-corrected chi connectivity index (χ0v) is 16.8. The van der Waals surface area contributed by atoms with Gasteiger partial charge >= 0.3 is 0 Å². The Morgan fingerprint density at radius 3 is 2.90 bits per heavy atom. The predicted octanol–water partition coefficient (Wildman–Crippen LogP) is 4.39. The van der Waals surface area contributed by atoms with Crippen LogP contribution in [0.15, 0.2) is 48.7 Å². The van der Waals surface area contributed by atoms with E-state index < -0.39 is 6.04 Å². The number of hydrogen-bond donors (Lipinski definition) is 2. The molecular weight excluding hydrogens is 415 g/mol. The Hall–Kier alpha value is -3.03. The van der Waals surface area contributed by atoms with Crippen LogP contribution in [-0.4, -0.2) is 28.7 Å². The molecule has 0 aliphatic carbocycles. The minimum atomic E-state index is -0.762. The number of ether oxygens (including phenoxy) is 1. The Kier molecular flexibility index (Phi) is 5.17. The van der Waals surface area contributed by atoms with Gasteiger partial charge in [0.2, 0.25) is 5.91 Å². The van der Waals surface area contributed by atoms with E-state index in [2.05, 4.69) is 15.7 Å². The zero-order valence-electron chi connectivity index (χ0n) is 15.3. The van der Waals surface area contributed by atoms with Crippen molar-refractivity contribution in [2.75, 3.05) is 17.7 Å². The van der Waals surface area contributed by atoms with Crippen molar-refractivity contribution >= 4 is 46.5 Å². The second-order valence-corrected chi connectivity index (χ2v) is 7.31. The maximum absolute atomic E-state index is 12.5. The molecule has 0 saturated carbocycles. The summed E-state index contributed by atoms with van der Waals surface area (Å²) < 4.78 is 6.78. The minimum Gasteiger partial charge on any atom is -0.497 e. The van der Waals surface area contributed by atoms with Crippen LogP contribution in [0.25, 0.3) is 11.1 Å². The second kappa shape index (κ2) is 7.77. The molecule has 2 N–H and O–H groups in total. The molecule has 2 heterocycles. The van der Waals surface area contributed by atoms with Gasteiger partial charge < -0.3 is 15.4 Å². The van der Waals surface area contributed by atoms with Gasteiger partial charge in [0.25, 0.3) is 5.91 Å². The van der Waals surface area contributed by atoms with Crippen LogP contribution in [0.3, 0.4) is 0 Å². The van der Waals surface area contributed by atoms with Gasteiger partial charge in [0.05, 0.1) is 30.4 Å². The molecule has 0 fully saturated rings. The average Bonchev–Trinajstić information content (AvgIpc) is 3.24. The lowest BCUT2D eigenvalue weighted by Gasteiger charge is -2.11. The van der Waals surface area contributed by atoms with Crippen LogP contribution >= 0.6 is 23.2 Å². The SMILES string of the molecule is COc1cccc(-c2cnn3c2NC(=O)C3CC(=O)Nc2cc(Cl)ccc2Cl)c1. The van der Waals surface area contributed by atoms with Crippen molar-refractivity contribution in [2.24, 2.45) is 0 Å². The fourth-order valence-electron chi connectivity index (χ4n) is 3.19.